The number of halogens is 1. The molecule has 0 spiro atoms. The van der Waals surface area contributed by atoms with E-state index in [-0.39, 0.29) is 28.5 Å². The van der Waals surface area contributed by atoms with Gasteiger partial charge in [-0.15, -0.1) is 0 Å². The molecule has 2 atom stereocenters. The van der Waals surface area contributed by atoms with Crippen molar-refractivity contribution in [1.82, 2.24) is 14.5 Å². The predicted octanol–water partition coefficient (Wildman–Crippen LogP) is 0.760. The fourth-order valence-electron chi connectivity index (χ4n) is 2.61. The Balaban J connectivity index is 2.06. The van der Waals surface area contributed by atoms with Crippen LogP contribution < -0.4 is 4.72 Å². The summed E-state index contributed by atoms with van der Waals surface area (Å²) in [6, 6.07) is 0. The summed E-state index contributed by atoms with van der Waals surface area (Å²) in [5, 5.41) is 13.1. The number of aromatic nitrogens is 2. The van der Waals surface area contributed by atoms with E-state index in [1.165, 1.54) is 17.9 Å². The lowest BCUT2D eigenvalue weighted by molar-refractivity contribution is 0.195. The van der Waals surface area contributed by atoms with Crippen LogP contribution in [0.5, 0.6) is 0 Å². The summed E-state index contributed by atoms with van der Waals surface area (Å²) in [7, 11) is -2.13. The number of aryl methyl sites for hydroxylation is 1. The number of rotatable bonds is 5. The number of hydrogen-bond donors (Lipinski definition) is 2. The van der Waals surface area contributed by atoms with Crippen LogP contribution in [0.25, 0.3) is 0 Å². The molecular formula is C11H18ClN3O3S. The second-order valence-corrected chi connectivity index (χ2v) is 7.00. The van der Waals surface area contributed by atoms with Crippen LogP contribution in [0.4, 0.5) is 0 Å². The van der Waals surface area contributed by atoms with E-state index in [1.807, 2.05) is 0 Å². The van der Waals surface area contributed by atoms with E-state index in [4.69, 9.17) is 11.6 Å². The topological polar surface area (TPSA) is 84.2 Å². The summed E-state index contributed by atoms with van der Waals surface area (Å²) >= 11 is 5.84. The smallest absolute Gasteiger partial charge is 0.259 e. The molecule has 2 rings (SSSR count). The summed E-state index contributed by atoms with van der Waals surface area (Å²) in [5.74, 6) is 0.372. The lowest BCUT2D eigenvalue weighted by Crippen LogP contribution is -2.32. The van der Waals surface area contributed by atoms with Crippen LogP contribution >= 0.6 is 11.6 Å². The van der Waals surface area contributed by atoms with Gasteiger partial charge in [0.25, 0.3) is 10.0 Å². The van der Waals surface area contributed by atoms with Crippen molar-refractivity contribution in [2.75, 3.05) is 13.2 Å². The molecule has 1 aliphatic rings. The number of nitrogens with one attached hydrogen (secondary N) is 1. The molecule has 2 N–H and O–H groups in total. The average molecular weight is 308 g/mol. The molecule has 19 heavy (non-hydrogen) atoms. The number of aliphatic hydroxyl groups excluding tert-OH is 1. The van der Waals surface area contributed by atoms with Gasteiger partial charge in [0.15, 0.2) is 5.03 Å². The van der Waals surface area contributed by atoms with Crippen molar-refractivity contribution in [3.8, 4) is 0 Å². The second kappa shape index (κ2) is 5.78. The second-order valence-electron chi connectivity index (χ2n) is 4.91. The van der Waals surface area contributed by atoms with Gasteiger partial charge in [0, 0.05) is 20.2 Å². The van der Waals surface area contributed by atoms with E-state index in [0.29, 0.717) is 6.54 Å². The van der Waals surface area contributed by atoms with Crippen LogP contribution in [0.1, 0.15) is 19.3 Å². The molecular weight excluding hydrogens is 290 g/mol. The summed E-state index contributed by atoms with van der Waals surface area (Å²) in [6.45, 7) is 0.438. The van der Waals surface area contributed by atoms with Crippen molar-refractivity contribution in [1.29, 1.82) is 0 Å². The minimum Gasteiger partial charge on any atom is -0.396 e. The Morgan fingerprint density at radius 1 is 1.53 bits per heavy atom. The van der Waals surface area contributed by atoms with E-state index in [0.717, 1.165) is 19.3 Å². The highest BCUT2D eigenvalue weighted by atomic mass is 35.5. The molecule has 1 aliphatic carbocycles. The quantitative estimate of drug-likeness (QED) is 0.841. The number of aliphatic hydroxyl groups is 1. The van der Waals surface area contributed by atoms with Gasteiger partial charge in [-0.05, 0) is 24.7 Å². The van der Waals surface area contributed by atoms with E-state index in [9.17, 15) is 13.5 Å². The highest BCUT2D eigenvalue weighted by molar-refractivity contribution is 7.89. The highest BCUT2D eigenvalue weighted by Crippen LogP contribution is 2.31. The largest absolute Gasteiger partial charge is 0.396 e. The van der Waals surface area contributed by atoms with Crippen LogP contribution in [0.2, 0.25) is 5.02 Å². The zero-order chi connectivity index (χ0) is 14.0. The molecule has 0 bridgehead atoms. The molecule has 0 radical (unpaired) electrons. The van der Waals surface area contributed by atoms with Crippen molar-refractivity contribution in [3.63, 3.8) is 0 Å². The Hall–Kier alpha value is -0.630. The van der Waals surface area contributed by atoms with Crippen LogP contribution in [-0.2, 0) is 17.1 Å². The summed E-state index contributed by atoms with van der Waals surface area (Å²) in [5.41, 5.74) is 0. The third kappa shape index (κ3) is 3.10. The van der Waals surface area contributed by atoms with Crippen LogP contribution in [-0.4, -0.2) is 36.5 Å². The van der Waals surface area contributed by atoms with Gasteiger partial charge in [0.05, 0.1) is 11.2 Å². The first-order chi connectivity index (χ1) is 8.95. The third-order valence-electron chi connectivity index (χ3n) is 3.68. The number of nitrogens with zero attached hydrogens (tertiary/aromatic N) is 2. The molecule has 0 saturated heterocycles. The molecule has 1 aromatic heterocycles. The zero-order valence-electron chi connectivity index (χ0n) is 10.7. The average Bonchev–Trinajstić information content (AvgIpc) is 2.93. The van der Waals surface area contributed by atoms with Gasteiger partial charge in [-0.1, -0.05) is 18.0 Å². The maximum atomic E-state index is 12.2. The molecule has 6 nitrogen and oxygen atoms in total. The fraction of sp³-hybridized carbons (Fsp3) is 0.727. The molecule has 1 fully saturated rings. The minimum atomic E-state index is -3.66. The zero-order valence-corrected chi connectivity index (χ0v) is 12.3. The van der Waals surface area contributed by atoms with Gasteiger partial charge in [-0.2, -0.15) is 5.10 Å². The molecule has 2 unspecified atom stereocenters. The molecule has 8 heteroatoms. The lowest BCUT2D eigenvalue weighted by Gasteiger charge is -2.17. The van der Waals surface area contributed by atoms with Crippen molar-refractivity contribution < 1.29 is 13.5 Å². The third-order valence-corrected chi connectivity index (χ3v) is 5.61. The van der Waals surface area contributed by atoms with Gasteiger partial charge >= 0.3 is 0 Å². The molecule has 1 heterocycles. The number of hydrogen-bond acceptors (Lipinski definition) is 4. The van der Waals surface area contributed by atoms with Crippen molar-refractivity contribution >= 4 is 21.6 Å². The van der Waals surface area contributed by atoms with Gasteiger partial charge in [-0.25, -0.2) is 13.1 Å². The van der Waals surface area contributed by atoms with Gasteiger partial charge in [0.2, 0.25) is 0 Å². The Morgan fingerprint density at radius 3 is 2.79 bits per heavy atom. The SMILES string of the molecule is Cn1ncc(Cl)c1S(=O)(=O)NCC1CCCC1CO. The molecule has 0 amide bonds. The van der Waals surface area contributed by atoms with E-state index in [1.54, 1.807) is 0 Å². The first-order valence-electron chi connectivity index (χ1n) is 6.23. The Labute approximate surface area is 117 Å². The Bertz CT molecular complexity index is 524. The fourth-order valence-corrected chi connectivity index (χ4v) is 4.35. The van der Waals surface area contributed by atoms with Gasteiger partial charge in [-0.3, -0.25) is 4.68 Å². The Morgan fingerprint density at radius 2 is 2.21 bits per heavy atom. The first-order valence-corrected chi connectivity index (χ1v) is 8.10. The van der Waals surface area contributed by atoms with E-state index < -0.39 is 10.0 Å². The van der Waals surface area contributed by atoms with Crippen molar-refractivity contribution in [2.45, 2.75) is 24.3 Å². The first kappa shape index (κ1) is 14.8. The standard InChI is InChI=1S/C11H18ClN3O3S/c1-15-11(10(12)6-13-15)19(17,18)14-5-8-3-2-4-9(8)7-16/h6,8-9,14,16H,2-5,7H2,1H3. The van der Waals surface area contributed by atoms with Crippen LogP contribution in [0.3, 0.4) is 0 Å². The number of sulfonamides is 1. The van der Waals surface area contributed by atoms with Gasteiger partial charge < -0.3 is 5.11 Å². The molecule has 1 aromatic rings. The lowest BCUT2D eigenvalue weighted by atomic mass is 9.97. The summed E-state index contributed by atoms with van der Waals surface area (Å²) in [6.07, 6.45) is 4.23. The normalized spacial score (nSPS) is 23.9. The predicted molar refractivity (Wildman–Crippen MR) is 71.3 cm³/mol. The van der Waals surface area contributed by atoms with Crippen LogP contribution in [0.15, 0.2) is 11.2 Å². The molecule has 0 aromatic carbocycles. The van der Waals surface area contributed by atoms with Crippen molar-refractivity contribution in [3.05, 3.63) is 11.2 Å². The summed E-state index contributed by atoms with van der Waals surface area (Å²) < 4.78 is 28.1. The molecule has 108 valence electrons. The highest BCUT2D eigenvalue weighted by Gasteiger charge is 2.29. The molecule has 0 aliphatic heterocycles. The molecule has 1 saturated carbocycles. The summed E-state index contributed by atoms with van der Waals surface area (Å²) in [4.78, 5) is 0. The van der Waals surface area contributed by atoms with E-state index >= 15 is 0 Å². The maximum absolute atomic E-state index is 12.2. The van der Waals surface area contributed by atoms with Gasteiger partial charge in [0.1, 0.15) is 0 Å². The Kier molecular flexibility index (Phi) is 4.50. The minimum absolute atomic E-state index is 0.0206. The monoisotopic (exact) mass is 307 g/mol. The maximum Gasteiger partial charge on any atom is 0.259 e. The van der Waals surface area contributed by atoms with Crippen molar-refractivity contribution in [2.24, 2.45) is 18.9 Å². The van der Waals surface area contributed by atoms with E-state index in [2.05, 4.69) is 9.82 Å². The van der Waals surface area contributed by atoms with Crippen LogP contribution in [0, 0.1) is 11.8 Å².